The van der Waals surface area contributed by atoms with Crippen molar-refractivity contribution in [3.8, 4) is 0 Å². The Labute approximate surface area is 103 Å². The van der Waals surface area contributed by atoms with Crippen LogP contribution in [0.25, 0.3) is 0 Å². The largest absolute Gasteiger partial charge is 0.288 e. The first-order chi connectivity index (χ1) is 8.06. The zero-order valence-electron chi connectivity index (χ0n) is 9.13. The maximum Gasteiger partial charge on any atom is 0.288 e. The van der Waals surface area contributed by atoms with Crippen LogP contribution in [0.2, 0.25) is 5.02 Å². The molecule has 1 heterocycles. The van der Waals surface area contributed by atoms with Crippen molar-refractivity contribution in [2.45, 2.75) is 13.5 Å². The molecule has 0 N–H and O–H groups in total. The molecule has 6 heteroatoms. The molecule has 0 radical (unpaired) electrons. The fourth-order valence-electron chi connectivity index (χ4n) is 1.53. The van der Waals surface area contributed by atoms with Crippen molar-refractivity contribution in [2.75, 3.05) is 0 Å². The first kappa shape index (κ1) is 11.6. The van der Waals surface area contributed by atoms with Gasteiger partial charge in [0.05, 0.1) is 17.2 Å². The number of hydrogen-bond acceptors (Lipinski definition) is 3. The number of rotatable bonds is 3. The van der Waals surface area contributed by atoms with E-state index in [2.05, 4.69) is 5.10 Å². The Kier molecular flexibility index (Phi) is 3.10. The van der Waals surface area contributed by atoms with E-state index in [1.165, 1.54) is 12.1 Å². The third-order valence-electron chi connectivity index (χ3n) is 2.33. The van der Waals surface area contributed by atoms with Gasteiger partial charge in [0.1, 0.15) is 5.02 Å². The second-order valence-electron chi connectivity index (χ2n) is 3.70. The maximum absolute atomic E-state index is 10.7. The third-order valence-corrected chi connectivity index (χ3v) is 2.65. The fraction of sp³-hybridized carbons (Fsp3) is 0.182. The second-order valence-corrected chi connectivity index (χ2v) is 4.10. The van der Waals surface area contributed by atoms with Crippen molar-refractivity contribution in [2.24, 2.45) is 0 Å². The van der Waals surface area contributed by atoms with Crippen molar-refractivity contribution in [3.05, 3.63) is 56.9 Å². The van der Waals surface area contributed by atoms with Crippen LogP contribution in [0, 0.1) is 17.0 Å². The van der Waals surface area contributed by atoms with Crippen LogP contribution in [0.5, 0.6) is 0 Å². The molecule has 1 aromatic carbocycles. The molecule has 1 aromatic heterocycles. The molecule has 17 heavy (non-hydrogen) atoms. The smallest absolute Gasteiger partial charge is 0.268 e. The summed E-state index contributed by atoms with van der Waals surface area (Å²) in [6.45, 7) is 2.38. The molecule has 0 aliphatic heterocycles. The van der Waals surface area contributed by atoms with Gasteiger partial charge in [-0.2, -0.15) is 5.10 Å². The molecule has 0 aliphatic carbocycles. The molecule has 0 saturated heterocycles. The summed E-state index contributed by atoms with van der Waals surface area (Å²) in [6.07, 6.45) is 1.83. The van der Waals surface area contributed by atoms with Gasteiger partial charge in [-0.25, -0.2) is 0 Å². The number of aromatic nitrogens is 2. The van der Waals surface area contributed by atoms with Crippen LogP contribution in [0.1, 0.15) is 11.3 Å². The monoisotopic (exact) mass is 251 g/mol. The molecule has 0 saturated carbocycles. The molecular weight excluding hydrogens is 242 g/mol. The standard InChI is InChI=1S/C11H10ClN3O2/c1-8-4-5-14(13-8)7-9-2-3-10(12)11(6-9)15(16)17/h2-6H,7H2,1H3. The van der Waals surface area contributed by atoms with Gasteiger partial charge in [-0.05, 0) is 24.6 Å². The SMILES string of the molecule is Cc1ccn(Cc2ccc(Cl)c([N+](=O)[O-])c2)n1. The third kappa shape index (κ3) is 2.62. The van der Waals surface area contributed by atoms with Crippen molar-refractivity contribution in [1.82, 2.24) is 9.78 Å². The van der Waals surface area contributed by atoms with Gasteiger partial charge in [-0.1, -0.05) is 17.7 Å². The van der Waals surface area contributed by atoms with Crippen LogP contribution < -0.4 is 0 Å². The highest BCUT2D eigenvalue weighted by molar-refractivity contribution is 6.32. The summed E-state index contributed by atoms with van der Waals surface area (Å²) in [5.74, 6) is 0. The van der Waals surface area contributed by atoms with Gasteiger partial charge in [0.25, 0.3) is 5.69 Å². The molecule has 0 fully saturated rings. The Morgan fingerprint density at radius 3 is 2.82 bits per heavy atom. The Bertz CT molecular complexity index is 566. The van der Waals surface area contributed by atoms with Gasteiger partial charge in [-0.15, -0.1) is 0 Å². The predicted molar refractivity (Wildman–Crippen MR) is 64.2 cm³/mol. The number of aryl methyl sites for hydroxylation is 1. The Hall–Kier alpha value is -1.88. The summed E-state index contributed by atoms with van der Waals surface area (Å²) in [4.78, 5) is 10.2. The number of halogens is 1. The number of hydrogen-bond donors (Lipinski definition) is 0. The second kappa shape index (κ2) is 4.55. The molecule has 88 valence electrons. The minimum absolute atomic E-state index is 0.0759. The summed E-state index contributed by atoms with van der Waals surface area (Å²) < 4.78 is 1.72. The average Bonchev–Trinajstić information content (AvgIpc) is 2.66. The van der Waals surface area contributed by atoms with Gasteiger partial charge < -0.3 is 0 Å². The highest BCUT2D eigenvalue weighted by Gasteiger charge is 2.12. The molecule has 0 amide bonds. The summed E-state index contributed by atoms with van der Waals surface area (Å²) in [7, 11) is 0. The molecule has 0 bridgehead atoms. The minimum atomic E-state index is -0.486. The van der Waals surface area contributed by atoms with E-state index >= 15 is 0 Å². The van der Waals surface area contributed by atoms with Crippen LogP contribution >= 0.6 is 11.6 Å². The molecule has 0 unspecified atom stereocenters. The summed E-state index contributed by atoms with van der Waals surface area (Å²) in [6, 6.07) is 6.64. The van der Waals surface area contributed by atoms with Crippen molar-refractivity contribution >= 4 is 17.3 Å². The number of nitro groups is 1. The first-order valence-electron chi connectivity index (χ1n) is 4.99. The number of nitro benzene ring substituents is 1. The van der Waals surface area contributed by atoms with Crippen LogP contribution in [0.3, 0.4) is 0 Å². The van der Waals surface area contributed by atoms with Gasteiger partial charge in [0.2, 0.25) is 0 Å². The predicted octanol–water partition coefficient (Wildman–Crippen LogP) is 2.80. The van der Waals surface area contributed by atoms with Gasteiger partial charge in [0.15, 0.2) is 0 Å². The number of nitrogens with zero attached hydrogens (tertiary/aromatic N) is 3. The molecule has 5 nitrogen and oxygen atoms in total. The lowest BCUT2D eigenvalue weighted by Gasteiger charge is -2.02. The zero-order valence-corrected chi connectivity index (χ0v) is 9.89. The van der Waals surface area contributed by atoms with Gasteiger partial charge in [-0.3, -0.25) is 14.8 Å². The molecule has 0 aliphatic rings. The summed E-state index contributed by atoms with van der Waals surface area (Å²) in [5.41, 5.74) is 1.63. The highest BCUT2D eigenvalue weighted by atomic mass is 35.5. The van der Waals surface area contributed by atoms with E-state index in [1.54, 1.807) is 10.7 Å². The van der Waals surface area contributed by atoms with E-state index in [1.807, 2.05) is 19.2 Å². The molecule has 2 rings (SSSR count). The maximum atomic E-state index is 10.7. The highest BCUT2D eigenvalue weighted by Crippen LogP contribution is 2.25. The van der Waals surface area contributed by atoms with Gasteiger partial charge in [0, 0.05) is 12.3 Å². The molecule has 0 spiro atoms. The topological polar surface area (TPSA) is 61.0 Å². The average molecular weight is 252 g/mol. The van der Waals surface area contributed by atoms with E-state index in [-0.39, 0.29) is 10.7 Å². The van der Waals surface area contributed by atoms with E-state index < -0.39 is 4.92 Å². The number of benzene rings is 1. The summed E-state index contributed by atoms with van der Waals surface area (Å²) in [5, 5.41) is 15.1. The van der Waals surface area contributed by atoms with E-state index in [0.29, 0.717) is 6.54 Å². The van der Waals surface area contributed by atoms with Crippen LogP contribution in [0.15, 0.2) is 30.5 Å². The lowest BCUT2D eigenvalue weighted by Crippen LogP contribution is -2.01. The Morgan fingerprint density at radius 1 is 1.47 bits per heavy atom. The lowest BCUT2D eigenvalue weighted by molar-refractivity contribution is -0.384. The van der Waals surface area contributed by atoms with Crippen molar-refractivity contribution in [3.63, 3.8) is 0 Å². The van der Waals surface area contributed by atoms with E-state index in [4.69, 9.17) is 11.6 Å². The van der Waals surface area contributed by atoms with Crippen LogP contribution in [-0.2, 0) is 6.54 Å². The summed E-state index contributed by atoms with van der Waals surface area (Å²) >= 11 is 5.73. The van der Waals surface area contributed by atoms with E-state index in [0.717, 1.165) is 11.3 Å². The van der Waals surface area contributed by atoms with Crippen LogP contribution in [-0.4, -0.2) is 14.7 Å². The van der Waals surface area contributed by atoms with Gasteiger partial charge >= 0.3 is 0 Å². The van der Waals surface area contributed by atoms with Crippen molar-refractivity contribution in [1.29, 1.82) is 0 Å². The normalized spacial score (nSPS) is 10.5. The Balaban J connectivity index is 2.28. The zero-order chi connectivity index (χ0) is 12.4. The quantitative estimate of drug-likeness (QED) is 0.622. The minimum Gasteiger partial charge on any atom is -0.268 e. The molecule has 2 aromatic rings. The Morgan fingerprint density at radius 2 is 2.24 bits per heavy atom. The molecule has 0 atom stereocenters. The van der Waals surface area contributed by atoms with Crippen molar-refractivity contribution < 1.29 is 4.92 Å². The fourth-order valence-corrected chi connectivity index (χ4v) is 1.72. The lowest BCUT2D eigenvalue weighted by atomic mass is 10.2. The first-order valence-corrected chi connectivity index (χ1v) is 5.37. The van der Waals surface area contributed by atoms with Crippen LogP contribution in [0.4, 0.5) is 5.69 Å². The molecular formula is C11H10ClN3O2. The van der Waals surface area contributed by atoms with E-state index in [9.17, 15) is 10.1 Å².